The van der Waals surface area contributed by atoms with Gasteiger partial charge in [-0.1, -0.05) is 50.6 Å². The van der Waals surface area contributed by atoms with Crippen LogP contribution in [0.3, 0.4) is 0 Å². The van der Waals surface area contributed by atoms with Crippen molar-refractivity contribution >= 4 is 39.4 Å². The molecule has 1 aromatic heterocycles. The molecule has 0 fully saturated rings. The molecule has 0 aliphatic carbocycles. The van der Waals surface area contributed by atoms with Crippen molar-refractivity contribution < 1.29 is 14.3 Å². The molecular formula is C26H32BrN5O3. The lowest BCUT2D eigenvalue weighted by Gasteiger charge is -2.22. The van der Waals surface area contributed by atoms with Crippen molar-refractivity contribution in [2.24, 2.45) is 0 Å². The van der Waals surface area contributed by atoms with Gasteiger partial charge < -0.3 is 20.3 Å². The number of anilines is 2. The normalized spacial score (nSPS) is 11.3. The summed E-state index contributed by atoms with van der Waals surface area (Å²) in [7, 11) is 1.55. The van der Waals surface area contributed by atoms with Crippen LogP contribution < -0.4 is 10.6 Å². The zero-order valence-corrected chi connectivity index (χ0v) is 22.3. The number of aryl methyl sites for hydroxylation is 1. The number of benzene rings is 2. The maximum atomic E-state index is 13.1. The average molecular weight is 542 g/mol. The van der Waals surface area contributed by atoms with Crippen LogP contribution in [0.2, 0.25) is 0 Å². The fourth-order valence-electron chi connectivity index (χ4n) is 3.29. The van der Waals surface area contributed by atoms with Crippen LogP contribution in [0.15, 0.2) is 59.1 Å². The first-order valence-electron chi connectivity index (χ1n) is 11.4. The summed E-state index contributed by atoms with van der Waals surface area (Å²) in [5, 5.41) is 10.5. The Morgan fingerprint density at radius 2 is 1.77 bits per heavy atom. The van der Waals surface area contributed by atoms with Crippen LogP contribution in [-0.4, -0.2) is 53.4 Å². The quantitative estimate of drug-likeness (QED) is 0.401. The van der Waals surface area contributed by atoms with E-state index < -0.39 is 6.03 Å². The Balaban J connectivity index is 1.81. The summed E-state index contributed by atoms with van der Waals surface area (Å²) in [6.07, 6.45) is 0. The number of nitrogens with zero attached hydrogens (tertiary/aromatic N) is 3. The van der Waals surface area contributed by atoms with E-state index in [1.165, 1.54) is 4.90 Å². The number of urea groups is 1. The van der Waals surface area contributed by atoms with Crippen molar-refractivity contribution in [2.75, 3.05) is 37.4 Å². The van der Waals surface area contributed by atoms with Crippen LogP contribution in [0.4, 0.5) is 16.3 Å². The maximum Gasteiger partial charge on any atom is 0.322 e. The highest BCUT2D eigenvalue weighted by atomic mass is 79.9. The summed E-state index contributed by atoms with van der Waals surface area (Å²) in [5.41, 5.74) is 3.23. The lowest BCUT2D eigenvalue weighted by Crippen LogP contribution is -2.42. The van der Waals surface area contributed by atoms with Gasteiger partial charge in [0.15, 0.2) is 0 Å². The molecule has 0 saturated carbocycles. The van der Waals surface area contributed by atoms with Crippen LogP contribution in [0, 0.1) is 6.92 Å². The molecule has 0 atom stereocenters. The lowest BCUT2D eigenvalue weighted by molar-refractivity contribution is -0.116. The van der Waals surface area contributed by atoms with Gasteiger partial charge in [-0.2, -0.15) is 5.10 Å². The first kappa shape index (κ1) is 26.4. The topological polar surface area (TPSA) is 88.5 Å². The summed E-state index contributed by atoms with van der Waals surface area (Å²) in [5.74, 6) is 0.207. The third-order valence-corrected chi connectivity index (χ3v) is 6.02. The summed E-state index contributed by atoms with van der Waals surface area (Å²) >= 11 is 3.43. The third-order valence-electron chi connectivity index (χ3n) is 5.33. The zero-order chi connectivity index (χ0) is 25.6. The summed E-state index contributed by atoms with van der Waals surface area (Å²) < 4.78 is 7.62. The van der Waals surface area contributed by atoms with Gasteiger partial charge in [0.2, 0.25) is 5.91 Å². The molecular weight excluding hydrogens is 510 g/mol. The molecule has 8 nitrogen and oxygen atoms in total. The van der Waals surface area contributed by atoms with Crippen LogP contribution in [0.1, 0.15) is 32.0 Å². The van der Waals surface area contributed by atoms with Gasteiger partial charge >= 0.3 is 6.03 Å². The molecule has 0 aliphatic heterocycles. The molecule has 9 heteroatoms. The molecule has 2 aromatic carbocycles. The second kappa shape index (κ2) is 11.5. The van der Waals surface area contributed by atoms with Crippen molar-refractivity contribution in [3.63, 3.8) is 0 Å². The number of ether oxygens (including phenoxy) is 1. The number of nitrogens with one attached hydrogen (secondary N) is 2. The first-order chi connectivity index (χ1) is 16.6. The van der Waals surface area contributed by atoms with Gasteiger partial charge in [0.05, 0.1) is 23.7 Å². The molecule has 0 spiro atoms. The van der Waals surface area contributed by atoms with Crippen molar-refractivity contribution in [3.05, 3.63) is 70.3 Å². The summed E-state index contributed by atoms with van der Waals surface area (Å²) in [4.78, 5) is 27.5. The molecule has 3 amide bonds. The van der Waals surface area contributed by atoms with E-state index in [-0.39, 0.29) is 24.4 Å². The second-order valence-electron chi connectivity index (χ2n) is 9.28. The smallest absolute Gasteiger partial charge is 0.322 e. The Morgan fingerprint density at radius 1 is 1.09 bits per heavy atom. The van der Waals surface area contributed by atoms with Crippen molar-refractivity contribution in [2.45, 2.75) is 33.1 Å². The number of aromatic nitrogens is 2. The fraction of sp³-hybridized carbons (Fsp3) is 0.346. The van der Waals surface area contributed by atoms with Crippen LogP contribution >= 0.6 is 15.9 Å². The number of carbonyl (C=O) groups excluding carboxylic acids is 2. The second-order valence-corrected chi connectivity index (χ2v) is 10.1. The minimum Gasteiger partial charge on any atom is -0.383 e. The molecule has 0 unspecified atom stereocenters. The van der Waals surface area contributed by atoms with Crippen LogP contribution in [0.5, 0.6) is 0 Å². The third kappa shape index (κ3) is 7.16. The highest BCUT2D eigenvalue weighted by Crippen LogP contribution is 2.26. The van der Waals surface area contributed by atoms with Crippen molar-refractivity contribution in [1.29, 1.82) is 0 Å². The van der Waals surface area contributed by atoms with Crippen LogP contribution in [0.25, 0.3) is 5.69 Å². The van der Waals surface area contributed by atoms with E-state index in [4.69, 9.17) is 9.84 Å². The molecule has 3 rings (SSSR count). The van der Waals surface area contributed by atoms with E-state index in [1.807, 2.05) is 55.5 Å². The molecule has 3 aromatic rings. The number of halogens is 1. The molecule has 0 aliphatic rings. The molecule has 0 radical (unpaired) electrons. The number of hydrogen-bond acceptors (Lipinski definition) is 4. The minimum absolute atomic E-state index is 0.149. The van der Waals surface area contributed by atoms with Gasteiger partial charge in [-0.15, -0.1) is 0 Å². The average Bonchev–Trinajstić information content (AvgIpc) is 3.22. The van der Waals surface area contributed by atoms with Crippen LogP contribution in [-0.2, 0) is 14.9 Å². The monoisotopic (exact) mass is 541 g/mol. The van der Waals surface area contributed by atoms with Gasteiger partial charge in [-0.3, -0.25) is 4.79 Å². The zero-order valence-electron chi connectivity index (χ0n) is 20.8. The maximum absolute atomic E-state index is 13.1. The Morgan fingerprint density at radius 3 is 2.40 bits per heavy atom. The Bertz CT molecular complexity index is 1170. The van der Waals surface area contributed by atoms with E-state index in [0.29, 0.717) is 18.1 Å². The Kier molecular flexibility index (Phi) is 8.69. The SMILES string of the molecule is COCCN(CC(=O)Nc1cc(C(C)(C)C)nn1-c1ccc(C)cc1)C(=O)Nc1ccccc1Br. The molecule has 186 valence electrons. The van der Waals surface area contributed by atoms with Gasteiger partial charge in [0, 0.05) is 29.6 Å². The predicted octanol–water partition coefficient (Wildman–Crippen LogP) is 5.36. The fourth-order valence-corrected chi connectivity index (χ4v) is 3.67. The standard InChI is InChI=1S/C26H32BrN5O3/c1-18-10-12-19(13-11-18)32-23(16-22(30-32)26(2,3)4)29-24(33)17-31(14-15-35-5)25(34)28-21-9-7-6-8-20(21)27/h6-13,16H,14-15,17H2,1-5H3,(H,28,34)(H,29,33). The van der Waals surface area contributed by atoms with Gasteiger partial charge in [-0.05, 0) is 47.1 Å². The summed E-state index contributed by atoms with van der Waals surface area (Å²) in [6, 6.07) is 16.7. The number of hydrogen-bond donors (Lipinski definition) is 2. The van der Waals surface area contributed by atoms with E-state index >= 15 is 0 Å². The first-order valence-corrected chi connectivity index (χ1v) is 12.1. The van der Waals surface area contributed by atoms with E-state index in [2.05, 4.69) is 47.3 Å². The number of rotatable bonds is 8. The van der Waals surface area contributed by atoms with Gasteiger partial charge in [0.1, 0.15) is 12.4 Å². The lowest BCUT2D eigenvalue weighted by atomic mass is 9.92. The van der Waals surface area contributed by atoms with E-state index in [9.17, 15) is 9.59 Å². The van der Waals surface area contributed by atoms with Crippen molar-refractivity contribution in [3.8, 4) is 5.69 Å². The Labute approximate surface area is 214 Å². The Hall–Kier alpha value is -3.17. The summed E-state index contributed by atoms with van der Waals surface area (Å²) in [6.45, 7) is 8.63. The largest absolute Gasteiger partial charge is 0.383 e. The molecule has 0 bridgehead atoms. The molecule has 1 heterocycles. The number of carbonyl (C=O) groups is 2. The van der Waals surface area contributed by atoms with E-state index in [0.717, 1.165) is 21.4 Å². The van der Waals surface area contributed by atoms with Gasteiger partial charge in [0.25, 0.3) is 0 Å². The predicted molar refractivity (Wildman–Crippen MR) is 142 cm³/mol. The number of methoxy groups -OCH3 is 1. The van der Waals surface area contributed by atoms with Crippen molar-refractivity contribution in [1.82, 2.24) is 14.7 Å². The molecule has 2 N–H and O–H groups in total. The van der Waals surface area contributed by atoms with Gasteiger partial charge in [-0.25, -0.2) is 9.48 Å². The number of amides is 3. The minimum atomic E-state index is -0.397. The number of para-hydroxylation sites is 1. The highest BCUT2D eigenvalue weighted by molar-refractivity contribution is 9.10. The highest BCUT2D eigenvalue weighted by Gasteiger charge is 2.23. The molecule has 35 heavy (non-hydrogen) atoms. The molecule has 0 saturated heterocycles. The van der Waals surface area contributed by atoms with E-state index in [1.54, 1.807) is 17.9 Å².